The minimum Gasteiger partial charge on any atom is -0.444 e. The van der Waals surface area contributed by atoms with Crippen LogP contribution in [0.15, 0.2) is 30.3 Å². The number of carbonyl (C=O) groups is 3. The number of benzene rings is 2. The van der Waals surface area contributed by atoms with E-state index in [2.05, 4.69) is 16.0 Å². The van der Waals surface area contributed by atoms with Gasteiger partial charge in [0.2, 0.25) is 5.91 Å². The van der Waals surface area contributed by atoms with E-state index in [1.165, 1.54) is 12.1 Å². The summed E-state index contributed by atoms with van der Waals surface area (Å²) in [4.78, 5) is 40.2. The van der Waals surface area contributed by atoms with Crippen LogP contribution in [0.3, 0.4) is 0 Å². The Morgan fingerprint density at radius 2 is 1.63 bits per heavy atom. The fourth-order valence-corrected chi connectivity index (χ4v) is 4.35. The molecule has 0 saturated carbocycles. The maximum absolute atomic E-state index is 14.9. The monoisotopic (exact) mass is 633 g/mol. The Kier molecular flexibility index (Phi) is 11.2. The van der Waals surface area contributed by atoms with Gasteiger partial charge in [0.05, 0.1) is 23.4 Å². The van der Waals surface area contributed by atoms with Crippen LogP contribution >= 0.6 is 11.6 Å². The number of halogens is 6. The van der Waals surface area contributed by atoms with Gasteiger partial charge in [0.1, 0.15) is 12.1 Å². The van der Waals surface area contributed by atoms with Gasteiger partial charge in [0, 0.05) is 49.9 Å². The third-order valence-corrected chi connectivity index (χ3v) is 6.54. The molecular formula is C28H33ClF5N5O4. The van der Waals surface area contributed by atoms with E-state index in [1.54, 1.807) is 31.7 Å². The van der Waals surface area contributed by atoms with Gasteiger partial charge in [-0.15, -0.1) is 0 Å². The number of anilines is 2. The van der Waals surface area contributed by atoms with Crippen molar-refractivity contribution in [2.75, 3.05) is 49.5 Å². The van der Waals surface area contributed by atoms with Gasteiger partial charge in [0.25, 0.3) is 5.91 Å². The van der Waals surface area contributed by atoms with Gasteiger partial charge in [-0.3, -0.25) is 14.5 Å². The van der Waals surface area contributed by atoms with Gasteiger partial charge < -0.3 is 25.6 Å². The summed E-state index contributed by atoms with van der Waals surface area (Å²) in [6, 6.07) is 6.79. The number of amides is 3. The first kappa shape index (κ1) is 33.8. The van der Waals surface area contributed by atoms with Crippen LogP contribution in [0.5, 0.6) is 0 Å². The number of piperazine rings is 1. The highest BCUT2D eigenvalue weighted by molar-refractivity contribution is 6.31. The van der Waals surface area contributed by atoms with Crippen molar-refractivity contribution in [3.05, 3.63) is 58.1 Å². The summed E-state index contributed by atoms with van der Waals surface area (Å²) >= 11 is 6.15. The standard InChI is InChI=1S/C28H33ClF5N5O4/c1-27(2,3)43-26(42)36-16-22(40)35-15-17-4-6-19(24(31)23(17)30)25(41)37-20-7-5-18(29)14-21(20)39-12-10-38(11-13-39)9-8-28(32,33)34/h4-7,14H,8-13,15-16H2,1-3H3,(H,35,40)(H,36,42)(H,37,41). The molecule has 1 aliphatic heterocycles. The second-order valence-corrected chi connectivity index (χ2v) is 11.3. The molecule has 1 aliphatic rings. The van der Waals surface area contributed by atoms with Crippen LogP contribution in [0.1, 0.15) is 43.1 Å². The minimum absolute atomic E-state index is 0.121. The summed E-state index contributed by atoms with van der Waals surface area (Å²) in [5.74, 6) is -4.38. The quantitative estimate of drug-likeness (QED) is 0.333. The zero-order chi connectivity index (χ0) is 31.9. The van der Waals surface area contributed by atoms with Crippen LogP contribution in [0.25, 0.3) is 0 Å². The number of nitrogens with one attached hydrogen (secondary N) is 3. The minimum atomic E-state index is -4.25. The fourth-order valence-electron chi connectivity index (χ4n) is 4.18. The lowest BCUT2D eigenvalue weighted by molar-refractivity contribution is -0.138. The van der Waals surface area contributed by atoms with Gasteiger partial charge >= 0.3 is 12.3 Å². The molecule has 0 bridgehead atoms. The third kappa shape index (κ3) is 10.5. The molecule has 3 N–H and O–H groups in total. The molecule has 0 aliphatic carbocycles. The average molecular weight is 634 g/mol. The Bertz CT molecular complexity index is 1330. The van der Waals surface area contributed by atoms with E-state index in [9.17, 15) is 36.3 Å². The van der Waals surface area contributed by atoms with E-state index in [1.807, 2.05) is 4.90 Å². The smallest absolute Gasteiger partial charge is 0.408 e. The Morgan fingerprint density at radius 1 is 0.953 bits per heavy atom. The van der Waals surface area contributed by atoms with Crippen molar-refractivity contribution >= 4 is 40.9 Å². The molecule has 1 saturated heterocycles. The highest BCUT2D eigenvalue weighted by Crippen LogP contribution is 2.31. The number of rotatable bonds is 9. The second kappa shape index (κ2) is 14.2. The molecule has 2 aromatic rings. The van der Waals surface area contributed by atoms with E-state index in [0.717, 1.165) is 12.1 Å². The number of alkyl halides is 3. The zero-order valence-corrected chi connectivity index (χ0v) is 24.6. The SMILES string of the molecule is CC(C)(C)OC(=O)NCC(=O)NCc1ccc(C(=O)Nc2ccc(Cl)cc2N2CCN(CCC(F)(F)F)CC2)c(F)c1F. The first-order valence-corrected chi connectivity index (χ1v) is 13.8. The van der Waals surface area contributed by atoms with Crippen LogP contribution in [0.4, 0.5) is 38.1 Å². The molecule has 43 heavy (non-hydrogen) atoms. The van der Waals surface area contributed by atoms with Gasteiger partial charge in [-0.25, -0.2) is 13.6 Å². The molecule has 0 atom stereocenters. The second-order valence-electron chi connectivity index (χ2n) is 10.8. The van der Waals surface area contributed by atoms with Crippen molar-refractivity contribution in [1.29, 1.82) is 0 Å². The van der Waals surface area contributed by atoms with E-state index in [4.69, 9.17) is 16.3 Å². The molecule has 236 valence electrons. The van der Waals surface area contributed by atoms with Crippen LogP contribution in [-0.4, -0.2) is 73.9 Å². The topological polar surface area (TPSA) is 103 Å². The van der Waals surface area contributed by atoms with Crippen molar-refractivity contribution in [3.63, 3.8) is 0 Å². The van der Waals surface area contributed by atoms with E-state index in [-0.39, 0.29) is 17.8 Å². The molecule has 2 aromatic carbocycles. The summed E-state index contributed by atoms with van der Waals surface area (Å²) in [5.41, 5.74) is -0.835. The number of alkyl carbamates (subject to hydrolysis) is 1. The molecular weight excluding hydrogens is 601 g/mol. The van der Waals surface area contributed by atoms with Crippen molar-refractivity contribution in [3.8, 4) is 0 Å². The van der Waals surface area contributed by atoms with Crippen LogP contribution in [-0.2, 0) is 16.1 Å². The van der Waals surface area contributed by atoms with E-state index in [0.29, 0.717) is 36.9 Å². The molecule has 15 heteroatoms. The summed E-state index contributed by atoms with van der Waals surface area (Å²) in [7, 11) is 0. The zero-order valence-electron chi connectivity index (χ0n) is 23.8. The van der Waals surface area contributed by atoms with Crippen LogP contribution < -0.4 is 20.9 Å². The van der Waals surface area contributed by atoms with Crippen LogP contribution in [0, 0.1) is 11.6 Å². The number of nitrogens with zero attached hydrogens (tertiary/aromatic N) is 2. The highest BCUT2D eigenvalue weighted by atomic mass is 35.5. The maximum Gasteiger partial charge on any atom is 0.408 e. The summed E-state index contributed by atoms with van der Waals surface area (Å²) in [6.07, 6.45) is -5.98. The predicted molar refractivity (Wildman–Crippen MR) is 151 cm³/mol. The maximum atomic E-state index is 14.9. The fraction of sp³-hybridized carbons (Fsp3) is 0.464. The Balaban J connectivity index is 1.62. The number of ether oxygens (including phenoxy) is 1. The van der Waals surface area contributed by atoms with Gasteiger partial charge in [-0.05, 0) is 45.0 Å². The van der Waals surface area contributed by atoms with E-state index >= 15 is 0 Å². The Labute approximate surface area is 250 Å². The predicted octanol–water partition coefficient (Wildman–Crippen LogP) is 5.09. The number of hydrogen-bond acceptors (Lipinski definition) is 6. The van der Waals surface area contributed by atoms with Crippen LogP contribution in [0.2, 0.25) is 5.02 Å². The third-order valence-electron chi connectivity index (χ3n) is 6.31. The van der Waals surface area contributed by atoms with E-state index < -0.39 is 66.4 Å². The molecule has 1 fully saturated rings. The molecule has 0 spiro atoms. The summed E-state index contributed by atoms with van der Waals surface area (Å²) in [6.45, 7) is 5.39. The molecule has 1 heterocycles. The normalized spacial score (nSPS) is 14.3. The molecule has 3 amide bonds. The number of carbonyl (C=O) groups excluding carboxylic acids is 3. The molecule has 0 aromatic heterocycles. The van der Waals surface area contributed by atoms with Crippen molar-refractivity contribution in [2.45, 2.75) is 45.5 Å². The van der Waals surface area contributed by atoms with Crippen molar-refractivity contribution in [1.82, 2.24) is 15.5 Å². The summed E-state index contributed by atoms with van der Waals surface area (Å²) in [5, 5.41) is 7.50. The Hall–Kier alpha value is -3.65. The number of hydrogen-bond donors (Lipinski definition) is 3. The molecule has 0 unspecified atom stereocenters. The molecule has 3 rings (SSSR count). The lowest BCUT2D eigenvalue weighted by Crippen LogP contribution is -2.47. The summed E-state index contributed by atoms with van der Waals surface area (Å²) < 4.78 is 72.5. The van der Waals surface area contributed by atoms with Gasteiger partial charge in [0.15, 0.2) is 11.6 Å². The molecule has 0 radical (unpaired) electrons. The van der Waals surface area contributed by atoms with Gasteiger partial charge in [-0.2, -0.15) is 13.2 Å². The molecule has 9 nitrogen and oxygen atoms in total. The lowest BCUT2D eigenvalue weighted by Gasteiger charge is -2.37. The van der Waals surface area contributed by atoms with Crippen molar-refractivity contribution < 1.29 is 41.1 Å². The first-order valence-electron chi connectivity index (χ1n) is 13.4. The van der Waals surface area contributed by atoms with Crippen molar-refractivity contribution in [2.24, 2.45) is 0 Å². The largest absolute Gasteiger partial charge is 0.444 e. The first-order chi connectivity index (χ1) is 20.0. The lowest BCUT2D eigenvalue weighted by atomic mass is 10.1. The Morgan fingerprint density at radius 3 is 2.26 bits per heavy atom. The van der Waals surface area contributed by atoms with Gasteiger partial charge in [-0.1, -0.05) is 17.7 Å². The average Bonchev–Trinajstić information content (AvgIpc) is 2.91. The highest BCUT2D eigenvalue weighted by Gasteiger charge is 2.29.